The van der Waals surface area contributed by atoms with Gasteiger partial charge in [-0.25, -0.2) is 0 Å². The molecule has 4 nitrogen and oxygen atoms in total. The fraction of sp³-hybridized carbons (Fsp3) is 0.560. The van der Waals surface area contributed by atoms with Crippen LogP contribution in [0.25, 0.3) is 10.9 Å². The number of likely N-dealkylation sites (tertiary alicyclic amines) is 1. The second-order valence-electron chi connectivity index (χ2n) is 9.71. The molecule has 0 radical (unpaired) electrons. The van der Waals surface area contributed by atoms with Gasteiger partial charge in [-0.15, -0.1) is 0 Å². The summed E-state index contributed by atoms with van der Waals surface area (Å²) in [6.07, 6.45) is 12.2. The molecule has 1 aromatic heterocycles. The molecule has 6 rings (SSSR count). The van der Waals surface area contributed by atoms with Crippen LogP contribution in [-0.2, 0) is 11.3 Å². The number of halogens is 1. The predicted octanol–water partition coefficient (Wildman–Crippen LogP) is 4.72. The van der Waals surface area contributed by atoms with Gasteiger partial charge in [0.25, 0.3) is 0 Å². The van der Waals surface area contributed by atoms with Gasteiger partial charge in [0.2, 0.25) is 5.91 Å². The minimum Gasteiger partial charge on any atom is -0.338 e. The van der Waals surface area contributed by atoms with Crippen LogP contribution < -0.4 is 0 Å². The Balaban J connectivity index is 1.27. The Morgan fingerprint density at radius 1 is 1.13 bits per heavy atom. The fourth-order valence-electron chi connectivity index (χ4n) is 6.81. The van der Waals surface area contributed by atoms with Gasteiger partial charge in [0.15, 0.2) is 0 Å². The predicted molar refractivity (Wildman–Crippen MR) is 121 cm³/mol. The number of hydrogen-bond acceptors (Lipinski definition) is 2. The van der Waals surface area contributed by atoms with E-state index in [0.717, 1.165) is 34.9 Å². The number of aromatic nitrogens is 1. The zero-order valence-corrected chi connectivity index (χ0v) is 18.2. The summed E-state index contributed by atoms with van der Waals surface area (Å²) < 4.78 is 2.06. The first kappa shape index (κ1) is 18.9. The summed E-state index contributed by atoms with van der Waals surface area (Å²) in [5, 5.41) is 1.77. The Labute approximate surface area is 183 Å². The summed E-state index contributed by atoms with van der Waals surface area (Å²) in [5.74, 6) is 1.56. The molecule has 30 heavy (non-hydrogen) atoms. The van der Waals surface area contributed by atoms with E-state index in [4.69, 9.17) is 11.6 Å². The number of nitrogens with zero attached hydrogens (tertiary/aromatic N) is 3. The van der Waals surface area contributed by atoms with E-state index in [0.29, 0.717) is 24.4 Å². The first-order valence-corrected chi connectivity index (χ1v) is 12.0. The highest BCUT2D eigenvalue weighted by Crippen LogP contribution is 2.45. The third kappa shape index (κ3) is 3.03. The minimum absolute atomic E-state index is 0.252. The molecule has 1 amide bonds. The normalized spacial score (nSPS) is 31.2. The van der Waals surface area contributed by atoms with E-state index < -0.39 is 0 Å². The topological polar surface area (TPSA) is 28.5 Å². The zero-order valence-electron chi connectivity index (χ0n) is 17.5. The number of hydrogen-bond donors (Lipinski definition) is 0. The monoisotopic (exact) mass is 423 g/mol. The van der Waals surface area contributed by atoms with Crippen LogP contribution >= 0.6 is 11.6 Å². The van der Waals surface area contributed by atoms with E-state index in [1.807, 2.05) is 24.4 Å². The van der Waals surface area contributed by atoms with Crippen molar-refractivity contribution >= 4 is 28.4 Å². The van der Waals surface area contributed by atoms with Crippen LogP contribution in [0, 0.1) is 11.8 Å². The quantitative estimate of drug-likeness (QED) is 0.654. The van der Waals surface area contributed by atoms with Crippen LogP contribution in [0.5, 0.6) is 0 Å². The Kier molecular flexibility index (Phi) is 4.69. The summed E-state index contributed by atoms with van der Waals surface area (Å²) >= 11 is 6.34. The third-order valence-electron chi connectivity index (χ3n) is 8.04. The molecule has 3 fully saturated rings. The molecular weight excluding hydrogens is 394 g/mol. The molecule has 3 saturated heterocycles. The highest BCUT2D eigenvalue weighted by atomic mass is 35.5. The highest BCUT2D eigenvalue weighted by Gasteiger charge is 2.46. The molecular formula is C25H30ClN3O. The molecule has 0 spiro atoms. The Hall–Kier alpha value is -1.78. The van der Waals surface area contributed by atoms with E-state index in [-0.39, 0.29) is 5.91 Å². The smallest absolute Gasteiger partial charge is 0.243 e. The molecule has 0 N–H and O–H groups in total. The molecule has 3 aliphatic heterocycles. The maximum Gasteiger partial charge on any atom is 0.243 e. The van der Waals surface area contributed by atoms with E-state index in [9.17, 15) is 4.79 Å². The van der Waals surface area contributed by atoms with Gasteiger partial charge in [-0.2, -0.15) is 0 Å². The SMILES string of the molecule is O=C(Cn1ccc2c(Cl)cccc21)N1CCCC2=C[C@H]3C[C@@H](CN4CCCC[C@H]34)[C@H]21. The van der Waals surface area contributed by atoms with E-state index in [2.05, 4.69) is 26.5 Å². The van der Waals surface area contributed by atoms with E-state index >= 15 is 0 Å². The van der Waals surface area contributed by atoms with E-state index in [1.165, 1.54) is 45.2 Å². The van der Waals surface area contributed by atoms with Gasteiger partial charge >= 0.3 is 0 Å². The maximum absolute atomic E-state index is 13.5. The number of carbonyl (C=O) groups is 1. The lowest BCUT2D eigenvalue weighted by Gasteiger charge is -2.54. The highest BCUT2D eigenvalue weighted by molar-refractivity contribution is 6.35. The Bertz CT molecular complexity index is 1010. The minimum atomic E-state index is 0.252. The van der Waals surface area contributed by atoms with Crippen molar-refractivity contribution in [3.63, 3.8) is 0 Å². The molecule has 4 heterocycles. The number of piperidine rings is 3. The molecule has 1 aliphatic carbocycles. The molecule has 2 aromatic rings. The van der Waals surface area contributed by atoms with Gasteiger partial charge in [-0.1, -0.05) is 35.7 Å². The van der Waals surface area contributed by atoms with Crippen molar-refractivity contribution in [2.45, 2.75) is 57.2 Å². The summed E-state index contributed by atoms with van der Waals surface area (Å²) in [6, 6.07) is 9.02. The second-order valence-corrected chi connectivity index (χ2v) is 10.1. The van der Waals surface area contributed by atoms with Crippen molar-refractivity contribution in [3.8, 4) is 0 Å². The van der Waals surface area contributed by atoms with Crippen LogP contribution in [0.4, 0.5) is 0 Å². The summed E-state index contributed by atoms with van der Waals surface area (Å²) in [5.41, 5.74) is 2.60. The number of amides is 1. The maximum atomic E-state index is 13.5. The van der Waals surface area contributed by atoms with Crippen molar-refractivity contribution in [1.82, 2.24) is 14.4 Å². The molecule has 1 aromatic carbocycles. The van der Waals surface area contributed by atoms with Gasteiger partial charge < -0.3 is 9.47 Å². The summed E-state index contributed by atoms with van der Waals surface area (Å²) in [4.78, 5) is 18.5. The molecule has 5 heteroatoms. The van der Waals surface area contributed by atoms with Crippen molar-refractivity contribution < 1.29 is 4.79 Å². The van der Waals surface area contributed by atoms with Gasteiger partial charge in [-0.3, -0.25) is 9.69 Å². The summed E-state index contributed by atoms with van der Waals surface area (Å²) in [6.45, 7) is 3.72. The number of rotatable bonds is 2. The second kappa shape index (κ2) is 7.42. The summed E-state index contributed by atoms with van der Waals surface area (Å²) in [7, 11) is 0. The van der Waals surface area contributed by atoms with Gasteiger partial charge in [-0.05, 0) is 68.7 Å². The van der Waals surface area contributed by atoms with Crippen molar-refractivity contribution in [3.05, 3.63) is 47.1 Å². The average Bonchev–Trinajstić information content (AvgIpc) is 3.17. The molecule has 0 unspecified atom stereocenters. The van der Waals surface area contributed by atoms with Crippen LogP contribution in [0.15, 0.2) is 42.1 Å². The number of benzene rings is 1. The standard InChI is InChI=1S/C25H30ClN3O/c26-21-6-3-8-23-20(21)9-12-28(23)16-24(30)29-11-4-5-17-13-18-14-19(25(17)29)15-27-10-2-1-7-22(18)27/h3,6,8-9,12-13,18-19,22,25H,1-2,4-5,7,10-11,14-16H2/t18-,19-,22+,25-/m0/s1. The number of fused-ring (bicyclic) bond motifs is 7. The lowest BCUT2D eigenvalue weighted by molar-refractivity contribution is -0.136. The van der Waals surface area contributed by atoms with Crippen LogP contribution in [0.1, 0.15) is 38.5 Å². The van der Waals surface area contributed by atoms with Gasteiger partial charge in [0, 0.05) is 41.3 Å². The first-order chi connectivity index (χ1) is 14.7. The molecule has 4 atom stereocenters. The van der Waals surface area contributed by atoms with Crippen molar-refractivity contribution in [1.29, 1.82) is 0 Å². The first-order valence-electron chi connectivity index (χ1n) is 11.7. The molecule has 4 aliphatic rings. The Morgan fingerprint density at radius 2 is 2.07 bits per heavy atom. The zero-order chi connectivity index (χ0) is 20.2. The van der Waals surface area contributed by atoms with E-state index in [1.54, 1.807) is 5.57 Å². The third-order valence-corrected chi connectivity index (χ3v) is 8.37. The fourth-order valence-corrected chi connectivity index (χ4v) is 7.05. The van der Waals surface area contributed by atoms with Crippen molar-refractivity contribution in [2.75, 3.05) is 19.6 Å². The largest absolute Gasteiger partial charge is 0.338 e. The molecule has 158 valence electrons. The lowest BCUT2D eigenvalue weighted by Crippen LogP contribution is -2.60. The van der Waals surface area contributed by atoms with Crippen LogP contribution in [0.3, 0.4) is 0 Å². The van der Waals surface area contributed by atoms with Crippen LogP contribution in [0.2, 0.25) is 5.02 Å². The molecule has 2 bridgehead atoms. The average molecular weight is 424 g/mol. The van der Waals surface area contributed by atoms with Crippen LogP contribution in [-0.4, -0.2) is 52.0 Å². The lowest BCUT2D eigenvalue weighted by atomic mass is 9.68. The van der Waals surface area contributed by atoms with Gasteiger partial charge in [0.1, 0.15) is 6.54 Å². The van der Waals surface area contributed by atoms with Gasteiger partial charge in [0.05, 0.1) is 6.04 Å². The Morgan fingerprint density at radius 3 is 3.00 bits per heavy atom. The number of carbonyl (C=O) groups excluding carboxylic acids is 1. The van der Waals surface area contributed by atoms with Crippen molar-refractivity contribution in [2.24, 2.45) is 11.8 Å². The molecule has 0 saturated carbocycles.